The highest BCUT2D eigenvalue weighted by Gasteiger charge is 2.35. The Morgan fingerprint density at radius 2 is 2.00 bits per heavy atom. The maximum atomic E-state index is 11.8. The summed E-state index contributed by atoms with van der Waals surface area (Å²) in [5.41, 5.74) is 0.499. The second-order valence-electron chi connectivity index (χ2n) is 4.09. The number of nitro benzene ring substituents is 1. The van der Waals surface area contributed by atoms with Crippen molar-refractivity contribution in [3.05, 3.63) is 39.9 Å². The molecular formula is C12H10N2O3. The van der Waals surface area contributed by atoms with E-state index in [0.29, 0.717) is 5.56 Å². The zero-order chi connectivity index (χ0) is 12.4. The number of carbonyl (C=O) groups is 1. The third-order valence-electron chi connectivity index (χ3n) is 2.83. The quantitative estimate of drug-likeness (QED) is 0.586. The predicted octanol–water partition coefficient (Wildman–Crippen LogP) is 2.18. The lowest BCUT2D eigenvalue weighted by molar-refractivity contribution is -0.384. The maximum absolute atomic E-state index is 11.8. The van der Waals surface area contributed by atoms with Gasteiger partial charge in [0.25, 0.3) is 5.69 Å². The predicted molar refractivity (Wildman–Crippen MR) is 59.2 cm³/mol. The highest BCUT2D eigenvalue weighted by molar-refractivity contribution is 5.92. The van der Waals surface area contributed by atoms with Crippen molar-refractivity contribution in [2.45, 2.75) is 18.8 Å². The van der Waals surface area contributed by atoms with Crippen LogP contribution in [0.15, 0.2) is 24.3 Å². The lowest BCUT2D eigenvalue weighted by Crippen LogP contribution is -2.12. The number of ketones is 1. The monoisotopic (exact) mass is 230 g/mol. The van der Waals surface area contributed by atoms with Gasteiger partial charge in [-0.25, -0.2) is 0 Å². The lowest BCUT2D eigenvalue weighted by Gasteiger charge is -2.06. The smallest absolute Gasteiger partial charge is 0.269 e. The van der Waals surface area contributed by atoms with E-state index in [1.807, 2.05) is 6.07 Å². The lowest BCUT2D eigenvalue weighted by atomic mass is 9.93. The Labute approximate surface area is 97.8 Å². The van der Waals surface area contributed by atoms with E-state index >= 15 is 0 Å². The molecular weight excluding hydrogens is 220 g/mol. The van der Waals surface area contributed by atoms with Crippen molar-refractivity contribution < 1.29 is 9.72 Å². The zero-order valence-corrected chi connectivity index (χ0v) is 9.00. The van der Waals surface area contributed by atoms with Gasteiger partial charge in [-0.1, -0.05) is 12.1 Å². The second kappa shape index (κ2) is 4.34. The van der Waals surface area contributed by atoms with Crippen LogP contribution in [0, 0.1) is 27.4 Å². The molecule has 17 heavy (non-hydrogen) atoms. The van der Waals surface area contributed by atoms with Crippen molar-refractivity contribution in [3.63, 3.8) is 0 Å². The first-order chi connectivity index (χ1) is 8.13. The molecule has 5 heteroatoms. The largest absolute Gasteiger partial charge is 0.298 e. The van der Waals surface area contributed by atoms with Crippen molar-refractivity contribution in [2.24, 2.45) is 5.92 Å². The average Bonchev–Trinajstić information content (AvgIpc) is 3.14. The highest BCUT2D eigenvalue weighted by Crippen LogP contribution is 2.35. The van der Waals surface area contributed by atoms with Gasteiger partial charge >= 0.3 is 0 Å². The molecule has 86 valence electrons. The summed E-state index contributed by atoms with van der Waals surface area (Å²) >= 11 is 0. The van der Waals surface area contributed by atoms with Gasteiger partial charge in [0.05, 0.1) is 11.0 Å². The summed E-state index contributed by atoms with van der Waals surface area (Å²) in [4.78, 5) is 21.8. The average molecular weight is 230 g/mol. The summed E-state index contributed by atoms with van der Waals surface area (Å²) in [5.74, 6) is -0.848. The van der Waals surface area contributed by atoms with E-state index in [4.69, 9.17) is 5.26 Å². The van der Waals surface area contributed by atoms with Gasteiger partial charge in [-0.05, 0) is 18.4 Å². The van der Waals surface area contributed by atoms with Crippen LogP contribution in [0.3, 0.4) is 0 Å². The standard InChI is InChI=1S/C12H10N2O3/c13-7-11(12(15)9-1-2-9)8-3-5-10(6-4-8)14(16)17/h3-6,9,11H,1-2H2/t11-/m1/s1. The zero-order valence-electron chi connectivity index (χ0n) is 9.00. The number of Topliss-reactive ketones (excluding diaryl/α,β-unsaturated/α-hetero) is 1. The summed E-state index contributed by atoms with van der Waals surface area (Å²) in [6, 6.07) is 7.56. The first kappa shape index (κ1) is 11.3. The summed E-state index contributed by atoms with van der Waals surface area (Å²) < 4.78 is 0. The van der Waals surface area contributed by atoms with Crippen LogP contribution in [0.2, 0.25) is 0 Å². The van der Waals surface area contributed by atoms with Crippen LogP contribution in [0.5, 0.6) is 0 Å². The number of carbonyl (C=O) groups excluding carboxylic acids is 1. The third-order valence-corrected chi connectivity index (χ3v) is 2.83. The summed E-state index contributed by atoms with van der Waals surface area (Å²) in [5, 5.41) is 19.5. The molecule has 1 aromatic rings. The van der Waals surface area contributed by atoms with Crippen LogP contribution in [-0.4, -0.2) is 10.7 Å². The molecule has 0 aliphatic heterocycles. The molecule has 0 saturated heterocycles. The summed E-state index contributed by atoms with van der Waals surface area (Å²) in [6.45, 7) is 0. The molecule has 0 N–H and O–H groups in total. The number of nitrogens with zero attached hydrogens (tertiary/aromatic N) is 2. The number of hydrogen-bond donors (Lipinski definition) is 0. The number of rotatable bonds is 4. The maximum Gasteiger partial charge on any atom is 0.269 e. The van der Waals surface area contributed by atoms with E-state index in [1.54, 1.807) is 0 Å². The van der Waals surface area contributed by atoms with Gasteiger partial charge in [0.15, 0.2) is 5.78 Å². The summed E-state index contributed by atoms with van der Waals surface area (Å²) in [7, 11) is 0. The van der Waals surface area contributed by atoms with Gasteiger partial charge < -0.3 is 0 Å². The van der Waals surface area contributed by atoms with Crippen LogP contribution >= 0.6 is 0 Å². The highest BCUT2D eigenvalue weighted by atomic mass is 16.6. The molecule has 1 aliphatic rings. The van der Waals surface area contributed by atoms with Crippen molar-refractivity contribution in [2.75, 3.05) is 0 Å². The van der Waals surface area contributed by atoms with Crippen molar-refractivity contribution in [1.82, 2.24) is 0 Å². The number of benzene rings is 1. The molecule has 1 aliphatic carbocycles. The first-order valence-corrected chi connectivity index (χ1v) is 5.31. The van der Waals surface area contributed by atoms with Crippen molar-refractivity contribution in [1.29, 1.82) is 5.26 Å². The molecule has 2 rings (SSSR count). The van der Waals surface area contributed by atoms with Crippen LogP contribution < -0.4 is 0 Å². The Balaban J connectivity index is 2.22. The molecule has 0 radical (unpaired) electrons. The van der Waals surface area contributed by atoms with Crippen LogP contribution in [0.1, 0.15) is 24.3 Å². The van der Waals surface area contributed by atoms with Gasteiger partial charge in [-0.3, -0.25) is 14.9 Å². The fourth-order valence-electron chi connectivity index (χ4n) is 1.69. The third kappa shape index (κ3) is 2.31. The van der Waals surface area contributed by atoms with Gasteiger partial charge in [0.1, 0.15) is 5.92 Å². The number of nitriles is 1. The first-order valence-electron chi connectivity index (χ1n) is 5.31. The van der Waals surface area contributed by atoms with Gasteiger partial charge in [-0.2, -0.15) is 5.26 Å². The van der Waals surface area contributed by atoms with E-state index in [1.165, 1.54) is 24.3 Å². The molecule has 0 bridgehead atoms. The van der Waals surface area contributed by atoms with Gasteiger partial charge in [0.2, 0.25) is 0 Å². The Morgan fingerprint density at radius 3 is 2.41 bits per heavy atom. The van der Waals surface area contributed by atoms with Crippen molar-refractivity contribution >= 4 is 11.5 Å². The topological polar surface area (TPSA) is 84.0 Å². The van der Waals surface area contributed by atoms with E-state index in [9.17, 15) is 14.9 Å². The molecule has 1 atom stereocenters. The van der Waals surface area contributed by atoms with Crippen molar-refractivity contribution in [3.8, 4) is 6.07 Å². The molecule has 5 nitrogen and oxygen atoms in total. The number of non-ortho nitro benzene ring substituents is 1. The molecule has 0 spiro atoms. The molecule has 1 saturated carbocycles. The Bertz CT molecular complexity index is 497. The Morgan fingerprint density at radius 1 is 1.41 bits per heavy atom. The fourth-order valence-corrected chi connectivity index (χ4v) is 1.69. The molecule has 1 fully saturated rings. The SMILES string of the molecule is N#C[C@@H](C(=O)C1CC1)c1ccc([N+](=O)[O-])cc1. The van der Waals surface area contributed by atoms with Gasteiger partial charge in [-0.15, -0.1) is 0 Å². The van der Waals surface area contributed by atoms with Crippen LogP contribution in [0.25, 0.3) is 0 Å². The van der Waals surface area contributed by atoms with E-state index < -0.39 is 10.8 Å². The normalized spacial score (nSPS) is 15.9. The second-order valence-corrected chi connectivity index (χ2v) is 4.09. The molecule has 0 heterocycles. The van der Waals surface area contributed by atoms with Gasteiger partial charge in [0, 0.05) is 18.1 Å². The minimum absolute atomic E-state index is 0.00911. The van der Waals surface area contributed by atoms with E-state index in [0.717, 1.165) is 12.8 Å². The molecule has 0 unspecified atom stereocenters. The minimum Gasteiger partial charge on any atom is -0.298 e. The van der Waals surface area contributed by atoms with Crippen LogP contribution in [0.4, 0.5) is 5.69 Å². The molecule has 0 aromatic heterocycles. The number of hydrogen-bond acceptors (Lipinski definition) is 4. The summed E-state index contributed by atoms with van der Waals surface area (Å²) in [6.07, 6.45) is 1.70. The van der Waals surface area contributed by atoms with E-state index in [-0.39, 0.29) is 17.4 Å². The molecule has 1 aromatic carbocycles. The van der Waals surface area contributed by atoms with E-state index in [2.05, 4.69) is 0 Å². The Hall–Kier alpha value is -2.22. The fraction of sp³-hybridized carbons (Fsp3) is 0.333. The minimum atomic E-state index is -0.789. The Kier molecular flexibility index (Phi) is 2.88. The molecule has 0 amide bonds. The number of nitro groups is 1. The van der Waals surface area contributed by atoms with Crippen LogP contribution in [-0.2, 0) is 4.79 Å².